The maximum Gasteiger partial charge on any atom is 0.190 e. The van der Waals surface area contributed by atoms with E-state index in [2.05, 4.69) is 18.2 Å². The first-order valence-electron chi connectivity index (χ1n) is 10.8. The molecule has 4 rings (SSSR count). The largest absolute Gasteiger partial charge is 0.323 e. The van der Waals surface area contributed by atoms with Crippen molar-refractivity contribution in [3.05, 3.63) is 124 Å². The summed E-state index contributed by atoms with van der Waals surface area (Å²) in [5, 5.41) is 0. The smallest absolute Gasteiger partial charge is 0.190 e. The molecule has 0 spiro atoms. The lowest BCUT2D eigenvalue weighted by Gasteiger charge is -2.25. The molecule has 0 N–H and O–H groups in total. The van der Waals surface area contributed by atoms with Crippen LogP contribution in [-0.2, 0) is 0 Å². The Morgan fingerprint density at radius 2 is 1.00 bits per heavy atom. The fourth-order valence-corrected chi connectivity index (χ4v) is 3.98. The van der Waals surface area contributed by atoms with Gasteiger partial charge in [0.2, 0.25) is 0 Å². The molecule has 0 unspecified atom stereocenters. The van der Waals surface area contributed by atoms with Crippen molar-refractivity contribution in [2.45, 2.75) is 34.1 Å². The van der Waals surface area contributed by atoms with Crippen molar-refractivity contribution in [1.29, 1.82) is 0 Å². The molecule has 160 valence electrons. The maximum absolute atomic E-state index is 13.3. The van der Waals surface area contributed by atoms with Crippen LogP contribution in [0, 0.1) is 27.7 Å². The van der Waals surface area contributed by atoms with Crippen LogP contribution in [0.1, 0.15) is 49.4 Å². The van der Waals surface area contributed by atoms with E-state index in [1.165, 1.54) is 0 Å². The molecule has 1 aliphatic heterocycles. The standard InChI is InChI=1S/C29H27NO2/c1-19-5-9-23(10-6-19)28(31)25-16-26(29(32)24-11-7-20(2)8-12-24)18-30(17-25)27-14-21(3)13-22(4)15-27/h5-15,17-18H,16H2,1-4H3. The van der Waals surface area contributed by atoms with E-state index in [9.17, 15) is 9.59 Å². The topological polar surface area (TPSA) is 37.4 Å². The first-order valence-corrected chi connectivity index (χ1v) is 10.8. The molecule has 0 amide bonds. The number of carbonyl (C=O) groups excluding carboxylic acids is 2. The summed E-state index contributed by atoms with van der Waals surface area (Å²) in [5.41, 5.74) is 7.87. The van der Waals surface area contributed by atoms with Crippen molar-refractivity contribution >= 4 is 17.3 Å². The van der Waals surface area contributed by atoms with Crippen LogP contribution >= 0.6 is 0 Å². The minimum atomic E-state index is -0.0540. The van der Waals surface area contributed by atoms with Gasteiger partial charge in [-0.3, -0.25) is 9.59 Å². The van der Waals surface area contributed by atoms with Crippen LogP contribution in [0.2, 0.25) is 0 Å². The van der Waals surface area contributed by atoms with E-state index < -0.39 is 0 Å². The third kappa shape index (κ3) is 4.62. The minimum absolute atomic E-state index is 0.0540. The molecule has 0 fully saturated rings. The Morgan fingerprint density at radius 1 is 0.594 bits per heavy atom. The SMILES string of the molecule is Cc1ccc(C(=O)C2=CN(c3cc(C)cc(C)c3)C=C(C(=O)c3ccc(C)cc3)C2)cc1. The highest BCUT2D eigenvalue weighted by Gasteiger charge is 2.24. The van der Waals surface area contributed by atoms with E-state index >= 15 is 0 Å². The Hall–Kier alpha value is -3.72. The number of benzene rings is 3. The zero-order valence-corrected chi connectivity index (χ0v) is 19.0. The van der Waals surface area contributed by atoms with Crippen molar-refractivity contribution in [3.63, 3.8) is 0 Å². The number of anilines is 1. The molecule has 3 aromatic carbocycles. The molecule has 32 heavy (non-hydrogen) atoms. The fraction of sp³-hybridized carbons (Fsp3) is 0.172. The number of hydrogen-bond acceptors (Lipinski definition) is 3. The highest BCUT2D eigenvalue weighted by atomic mass is 16.1. The molecular weight excluding hydrogens is 394 g/mol. The van der Waals surface area contributed by atoms with Crippen LogP contribution in [0.5, 0.6) is 0 Å². The molecule has 1 aliphatic rings. The Morgan fingerprint density at radius 3 is 1.41 bits per heavy atom. The van der Waals surface area contributed by atoms with Gasteiger partial charge in [-0.25, -0.2) is 0 Å². The normalized spacial score (nSPS) is 13.4. The van der Waals surface area contributed by atoms with Crippen molar-refractivity contribution < 1.29 is 9.59 Å². The van der Waals surface area contributed by atoms with Crippen molar-refractivity contribution in [1.82, 2.24) is 0 Å². The van der Waals surface area contributed by atoms with Crippen LogP contribution in [0.15, 0.2) is 90.3 Å². The fourth-order valence-electron chi connectivity index (χ4n) is 3.98. The van der Waals surface area contributed by atoms with E-state index in [4.69, 9.17) is 0 Å². The highest BCUT2D eigenvalue weighted by molar-refractivity contribution is 6.14. The van der Waals surface area contributed by atoms with Gasteiger partial charge in [0.05, 0.1) is 0 Å². The summed E-state index contributed by atoms with van der Waals surface area (Å²) in [4.78, 5) is 28.6. The predicted octanol–water partition coefficient (Wildman–Crippen LogP) is 6.66. The molecule has 0 saturated carbocycles. The first-order chi connectivity index (χ1) is 15.3. The number of Topliss-reactive ketones (excluding diaryl/α,β-unsaturated/α-hetero) is 2. The molecule has 0 aliphatic carbocycles. The lowest BCUT2D eigenvalue weighted by Crippen LogP contribution is -2.21. The van der Waals surface area contributed by atoms with E-state index in [1.54, 1.807) is 0 Å². The lowest BCUT2D eigenvalue weighted by atomic mass is 9.91. The summed E-state index contributed by atoms with van der Waals surface area (Å²) in [7, 11) is 0. The van der Waals surface area contributed by atoms with Crippen LogP contribution in [0.4, 0.5) is 5.69 Å². The van der Waals surface area contributed by atoms with Gasteiger partial charge < -0.3 is 4.90 Å². The van der Waals surface area contributed by atoms with Gasteiger partial charge in [0.1, 0.15) is 0 Å². The average Bonchev–Trinajstić information content (AvgIpc) is 2.78. The zero-order chi connectivity index (χ0) is 22.8. The number of ketones is 2. The highest BCUT2D eigenvalue weighted by Crippen LogP contribution is 2.30. The molecule has 0 atom stereocenters. The Kier molecular flexibility index (Phi) is 5.91. The molecule has 3 heteroatoms. The predicted molar refractivity (Wildman–Crippen MR) is 130 cm³/mol. The third-order valence-electron chi connectivity index (χ3n) is 5.69. The number of aryl methyl sites for hydroxylation is 4. The molecule has 1 heterocycles. The summed E-state index contributed by atoms with van der Waals surface area (Å²) in [6.45, 7) is 8.09. The lowest BCUT2D eigenvalue weighted by molar-refractivity contribution is 0.102. The van der Waals surface area contributed by atoms with Crippen LogP contribution < -0.4 is 4.90 Å². The minimum Gasteiger partial charge on any atom is -0.323 e. The van der Waals surface area contributed by atoms with Gasteiger partial charge in [0.25, 0.3) is 0 Å². The van der Waals surface area contributed by atoms with Crippen molar-refractivity contribution in [2.75, 3.05) is 4.90 Å². The van der Waals surface area contributed by atoms with Crippen LogP contribution in [-0.4, -0.2) is 11.6 Å². The van der Waals surface area contributed by atoms with E-state index in [1.807, 2.05) is 93.5 Å². The maximum atomic E-state index is 13.3. The van der Waals surface area contributed by atoms with Gasteiger partial charge >= 0.3 is 0 Å². The van der Waals surface area contributed by atoms with Gasteiger partial charge in [-0.15, -0.1) is 0 Å². The molecule has 3 nitrogen and oxygen atoms in total. The average molecular weight is 422 g/mol. The monoisotopic (exact) mass is 421 g/mol. The number of carbonyl (C=O) groups is 2. The Bertz CT molecular complexity index is 1150. The molecular formula is C29H27NO2. The zero-order valence-electron chi connectivity index (χ0n) is 19.0. The van der Waals surface area contributed by atoms with Crippen molar-refractivity contribution in [2.24, 2.45) is 0 Å². The number of hydrogen-bond donors (Lipinski definition) is 0. The quantitative estimate of drug-likeness (QED) is 0.432. The number of rotatable bonds is 5. The summed E-state index contributed by atoms with van der Waals surface area (Å²) in [6.07, 6.45) is 4.03. The van der Waals surface area contributed by atoms with Gasteiger partial charge in [-0.1, -0.05) is 65.7 Å². The third-order valence-corrected chi connectivity index (χ3v) is 5.69. The molecule has 0 saturated heterocycles. The molecule has 3 aromatic rings. The second-order valence-corrected chi connectivity index (χ2v) is 8.63. The second-order valence-electron chi connectivity index (χ2n) is 8.63. The molecule has 0 radical (unpaired) electrons. The van der Waals surface area contributed by atoms with Gasteiger partial charge in [-0.05, 0) is 51.0 Å². The van der Waals surface area contributed by atoms with E-state index in [0.717, 1.165) is 27.9 Å². The van der Waals surface area contributed by atoms with Gasteiger partial charge in [0, 0.05) is 46.8 Å². The number of allylic oxidation sites excluding steroid dienone is 2. The molecule has 0 aromatic heterocycles. The summed E-state index contributed by atoms with van der Waals surface area (Å²) in [5.74, 6) is -0.108. The Balaban J connectivity index is 1.75. The second kappa shape index (κ2) is 8.80. The van der Waals surface area contributed by atoms with Crippen LogP contribution in [0.3, 0.4) is 0 Å². The van der Waals surface area contributed by atoms with Gasteiger partial charge in [0.15, 0.2) is 11.6 Å². The number of nitrogens with zero attached hydrogens (tertiary/aromatic N) is 1. The summed E-state index contributed by atoms with van der Waals surface area (Å²) < 4.78 is 0. The Labute approximate surface area is 189 Å². The summed E-state index contributed by atoms with van der Waals surface area (Å²) in [6, 6.07) is 21.4. The van der Waals surface area contributed by atoms with Crippen LogP contribution in [0.25, 0.3) is 0 Å². The van der Waals surface area contributed by atoms with E-state index in [-0.39, 0.29) is 11.6 Å². The van der Waals surface area contributed by atoms with Gasteiger partial charge in [-0.2, -0.15) is 0 Å². The van der Waals surface area contributed by atoms with Crippen molar-refractivity contribution in [3.8, 4) is 0 Å². The summed E-state index contributed by atoms with van der Waals surface area (Å²) >= 11 is 0. The molecule has 0 bridgehead atoms. The van der Waals surface area contributed by atoms with E-state index in [0.29, 0.717) is 28.7 Å². The first kappa shape index (κ1) is 21.5.